The monoisotopic (exact) mass is 1040 g/mol. The zero-order valence-electron chi connectivity index (χ0n) is 43.0. The Kier molecular flexibility index (Phi) is 17.2. The lowest BCUT2D eigenvalue weighted by Gasteiger charge is -2.36. The van der Waals surface area contributed by atoms with Crippen LogP contribution in [0.2, 0.25) is 0 Å². The lowest BCUT2D eigenvalue weighted by molar-refractivity contribution is -0.144. The number of carbonyl (C=O) groups excluding carboxylic acids is 4. The number of benzene rings is 3. The second kappa shape index (κ2) is 23.2. The van der Waals surface area contributed by atoms with E-state index in [-0.39, 0.29) is 48.5 Å². The standard InChI is InChI=1S/C53H69N11O7S2/c1-34-30-55-51(60-48(34)57-39-12-11-13-42(28-39)73(70,71)61-53(6,7)8)58-38-20-22-40(23-21-38)62-24-26-63(27-25-62)45(67)15-10-9-14-44(66)59-47(52(3,4)5)50(69)64-32-41(65)29-43(64)49(68)54-31-36-16-18-37(19-17-36)46-35(2)56-33-72-46/h11-13,16-23,28,30,33,41,43,47,61,65H,9-10,14-15,24-27,29,31-32H2,1-8H3,(H,54,68)(H,59,66)(H2,55,57,58,60)/t41-,43+,47?/m1/s1. The van der Waals surface area contributed by atoms with Crippen LogP contribution in [0.15, 0.2) is 89.4 Å². The van der Waals surface area contributed by atoms with Gasteiger partial charge in [-0.3, -0.25) is 19.2 Å². The zero-order valence-corrected chi connectivity index (χ0v) is 44.6. The molecule has 390 valence electrons. The molecule has 73 heavy (non-hydrogen) atoms. The van der Waals surface area contributed by atoms with Crippen LogP contribution in [0.4, 0.5) is 28.8 Å². The van der Waals surface area contributed by atoms with Crippen LogP contribution in [-0.2, 0) is 35.7 Å². The summed E-state index contributed by atoms with van der Waals surface area (Å²) in [6.45, 7) is 17.4. The van der Waals surface area contributed by atoms with E-state index in [4.69, 9.17) is 0 Å². The third-order valence-electron chi connectivity index (χ3n) is 12.7. The number of aryl methyl sites for hydroxylation is 2. The van der Waals surface area contributed by atoms with Gasteiger partial charge >= 0.3 is 0 Å². The quantitative estimate of drug-likeness (QED) is 0.0497. The van der Waals surface area contributed by atoms with Gasteiger partial charge in [0.1, 0.15) is 17.9 Å². The van der Waals surface area contributed by atoms with Crippen molar-refractivity contribution in [1.82, 2.24) is 40.1 Å². The van der Waals surface area contributed by atoms with E-state index < -0.39 is 45.1 Å². The van der Waals surface area contributed by atoms with Gasteiger partial charge in [0.2, 0.25) is 39.6 Å². The topological polar surface area (TPSA) is 231 Å². The van der Waals surface area contributed by atoms with E-state index in [1.54, 1.807) is 62.6 Å². The van der Waals surface area contributed by atoms with Crippen LogP contribution >= 0.6 is 11.3 Å². The molecule has 18 nitrogen and oxygen atoms in total. The molecule has 3 aromatic carbocycles. The average molecular weight is 1040 g/mol. The highest BCUT2D eigenvalue weighted by atomic mass is 32.2. The number of aliphatic hydroxyl groups excluding tert-OH is 1. The third-order valence-corrected chi connectivity index (χ3v) is 15.4. The van der Waals surface area contributed by atoms with Crippen molar-refractivity contribution in [3.8, 4) is 10.4 Å². The highest BCUT2D eigenvalue weighted by Gasteiger charge is 2.44. The number of unbranched alkanes of at least 4 members (excludes halogenated alkanes) is 1. The molecular formula is C53H69N11O7S2. The Bertz CT molecular complexity index is 2860. The second-order valence-electron chi connectivity index (χ2n) is 20.9. The van der Waals surface area contributed by atoms with Gasteiger partial charge in [-0.15, -0.1) is 11.3 Å². The highest BCUT2D eigenvalue weighted by Crippen LogP contribution is 2.30. The molecule has 1 unspecified atom stereocenters. The van der Waals surface area contributed by atoms with Crippen molar-refractivity contribution >= 4 is 73.8 Å². The van der Waals surface area contributed by atoms with E-state index in [9.17, 15) is 32.7 Å². The lowest BCUT2D eigenvalue weighted by Crippen LogP contribution is -2.57. The fraction of sp³-hybridized carbons (Fsp3) is 0.453. The number of hydrogen-bond acceptors (Lipinski definition) is 14. The van der Waals surface area contributed by atoms with E-state index in [0.717, 1.165) is 38.6 Å². The lowest BCUT2D eigenvalue weighted by atomic mass is 9.85. The summed E-state index contributed by atoms with van der Waals surface area (Å²) in [6.07, 6.45) is 2.32. The third kappa shape index (κ3) is 14.6. The van der Waals surface area contributed by atoms with Crippen LogP contribution in [0, 0.1) is 19.3 Å². The maximum atomic E-state index is 14.1. The molecule has 0 bridgehead atoms. The van der Waals surface area contributed by atoms with Gasteiger partial charge in [-0.25, -0.2) is 23.1 Å². The fourth-order valence-electron chi connectivity index (χ4n) is 8.80. The molecule has 5 aromatic rings. The zero-order chi connectivity index (χ0) is 52.7. The molecule has 2 aromatic heterocycles. The van der Waals surface area contributed by atoms with Gasteiger partial charge in [0.05, 0.1) is 27.1 Å². The van der Waals surface area contributed by atoms with Crippen LogP contribution in [0.3, 0.4) is 0 Å². The maximum absolute atomic E-state index is 14.1. The minimum atomic E-state index is -3.73. The summed E-state index contributed by atoms with van der Waals surface area (Å²) in [4.78, 5) is 74.3. The second-order valence-corrected chi connectivity index (χ2v) is 23.5. The van der Waals surface area contributed by atoms with Crippen LogP contribution in [0.25, 0.3) is 10.4 Å². The molecule has 4 amide bonds. The summed E-state index contributed by atoms with van der Waals surface area (Å²) in [5.74, 6) is -0.180. The Morgan fingerprint density at radius 1 is 0.849 bits per heavy atom. The number of anilines is 5. The summed E-state index contributed by atoms with van der Waals surface area (Å²) in [7, 11) is -3.73. The van der Waals surface area contributed by atoms with Crippen molar-refractivity contribution in [3.63, 3.8) is 0 Å². The largest absolute Gasteiger partial charge is 0.391 e. The van der Waals surface area contributed by atoms with E-state index in [1.165, 1.54) is 4.90 Å². The van der Waals surface area contributed by atoms with Gasteiger partial charge in [-0.1, -0.05) is 51.1 Å². The molecule has 0 aliphatic carbocycles. The molecule has 4 heterocycles. The molecule has 6 N–H and O–H groups in total. The number of aliphatic hydroxyl groups is 1. The number of sulfonamides is 1. The first-order valence-electron chi connectivity index (χ1n) is 24.7. The molecule has 2 aliphatic heterocycles. The summed E-state index contributed by atoms with van der Waals surface area (Å²) in [6, 6.07) is 20.5. The number of carbonyl (C=O) groups is 4. The molecule has 20 heteroatoms. The number of likely N-dealkylation sites (tertiary alicyclic amines) is 1. The number of amides is 4. The minimum absolute atomic E-state index is 0.0125. The molecule has 2 saturated heterocycles. The maximum Gasteiger partial charge on any atom is 0.246 e. The van der Waals surface area contributed by atoms with Crippen LogP contribution in [-0.4, -0.2) is 118 Å². The summed E-state index contributed by atoms with van der Waals surface area (Å²) in [5, 5.41) is 23.0. The Morgan fingerprint density at radius 2 is 1.55 bits per heavy atom. The Hall–Kier alpha value is -6.48. The number of aromatic nitrogens is 3. The molecule has 2 fully saturated rings. The Labute approximate surface area is 432 Å². The summed E-state index contributed by atoms with van der Waals surface area (Å²) in [5.41, 5.74) is 6.52. The molecule has 0 saturated carbocycles. The van der Waals surface area contributed by atoms with Crippen molar-refractivity contribution < 1.29 is 32.7 Å². The van der Waals surface area contributed by atoms with Crippen molar-refractivity contribution in [2.75, 3.05) is 48.3 Å². The normalized spacial score (nSPS) is 16.8. The predicted octanol–water partition coefficient (Wildman–Crippen LogP) is 6.80. The smallest absolute Gasteiger partial charge is 0.246 e. The molecule has 0 radical (unpaired) electrons. The first kappa shape index (κ1) is 54.3. The van der Waals surface area contributed by atoms with E-state index >= 15 is 0 Å². The van der Waals surface area contributed by atoms with Crippen LogP contribution in [0.5, 0.6) is 0 Å². The van der Waals surface area contributed by atoms with Gasteiger partial charge in [0.25, 0.3) is 0 Å². The van der Waals surface area contributed by atoms with Gasteiger partial charge in [-0.05, 0) is 106 Å². The van der Waals surface area contributed by atoms with Crippen molar-refractivity contribution in [2.45, 2.75) is 123 Å². The fourth-order valence-corrected chi connectivity index (χ4v) is 11.1. The average Bonchev–Trinajstić information content (AvgIpc) is 3.96. The van der Waals surface area contributed by atoms with Crippen molar-refractivity contribution in [1.29, 1.82) is 0 Å². The van der Waals surface area contributed by atoms with E-state index in [2.05, 4.69) is 45.8 Å². The van der Waals surface area contributed by atoms with Gasteiger partial charge in [0.15, 0.2) is 0 Å². The molecule has 7 rings (SSSR count). The summed E-state index contributed by atoms with van der Waals surface area (Å²) < 4.78 is 28.6. The number of hydrogen-bond donors (Lipinski definition) is 6. The van der Waals surface area contributed by atoms with Crippen molar-refractivity contribution in [2.24, 2.45) is 5.41 Å². The highest BCUT2D eigenvalue weighted by molar-refractivity contribution is 7.89. The molecule has 2 aliphatic rings. The van der Waals surface area contributed by atoms with Crippen LogP contribution < -0.4 is 30.9 Å². The number of β-amino-alcohol motifs (C(OH)–C–C–N with tert-alkyl or cyclic N) is 1. The Morgan fingerprint density at radius 3 is 2.21 bits per heavy atom. The number of rotatable bonds is 18. The molecule has 0 spiro atoms. The number of piperazine rings is 1. The number of nitrogens with one attached hydrogen (secondary N) is 5. The number of nitrogens with zero attached hydrogens (tertiary/aromatic N) is 6. The van der Waals surface area contributed by atoms with Crippen molar-refractivity contribution in [3.05, 3.63) is 101 Å². The first-order chi connectivity index (χ1) is 34.5. The van der Waals surface area contributed by atoms with E-state index in [0.29, 0.717) is 62.9 Å². The van der Waals surface area contributed by atoms with E-state index in [1.807, 2.05) is 93.6 Å². The predicted molar refractivity (Wildman–Crippen MR) is 285 cm³/mol. The van der Waals surface area contributed by atoms with Gasteiger partial charge in [0, 0.05) is 92.9 Å². The Balaban J connectivity index is 0.830. The SMILES string of the molecule is Cc1cnc(Nc2ccc(N3CCN(C(=O)CCCCC(=O)NC(C(=O)N4C[C@H](O)C[C@H]4C(=O)NCc4ccc(-c5scnc5C)cc4)C(C)(C)C)CC3)cc2)nc1Nc1cccc(S(=O)(=O)NC(C)(C)C)c1. The number of thiazole rings is 1. The van der Waals surface area contributed by atoms with Gasteiger partial charge in [-0.2, -0.15) is 4.98 Å². The first-order valence-corrected chi connectivity index (χ1v) is 27.1. The van der Waals surface area contributed by atoms with Crippen LogP contribution in [0.1, 0.15) is 90.5 Å². The minimum Gasteiger partial charge on any atom is -0.391 e. The molecule has 3 atom stereocenters. The summed E-state index contributed by atoms with van der Waals surface area (Å²) >= 11 is 1.57. The molecular weight excluding hydrogens is 967 g/mol. The van der Waals surface area contributed by atoms with Gasteiger partial charge < -0.3 is 41.1 Å².